The number of anilines is 1. The second-order valence-electron chi connectivity index (χ2n) is 5.55. The Hall–Kier alpha value is -2.61. The smallest absolute Gasteiger partial charge is 0.493 e. The summed E-state index contributed by atoms with van der Waals surface area (Å²) >= 11 is 6.09. The summed E-state index contributed by atoms with van der Waals surface area (Å²) in [6.07, 6.45) is -3.93. The first-order chi connectivity index (χ1) is 12.3. The highest BCUT2D eigenvalue weighted by molar-refractivity contribution is 6.30. The largest absolute Gasteiger partial charge is 0.573 e. The van der Waals surface area contributed by atoms with Crippen LogP contribution in [0.2, 0.25) is 5.02 Å². The number of benzene rings is 2. The molecule has 3 rings (SSSR count). The van der Waals surface area contributed by atoms with E-state index in [1.165, 1.54) is 24.3 Å². The standard InChI is InChI=1S/C17H15ClF3N3O2/c18-12-7-10-5-6-25-15(10)11(8-12)9-23-16(22)24-13-1-3-14(4-2-13)26-17(19,20)21/h1-4,7-8H,5-6,9H2,(H3,22,23,24). The maximum atomic E-state index is 12.1. The van der Waals surface area contributed by atoms with Gasteiger partial charge in [0.25, 0.3) is 0 Å². The van der Waals surface area contributed by atoms with Crippen LogP contribution in [0.4, 0.5) is 18.9 Å². The Morgan fingerprint density at radius 1 is 1.27 bits per heavy atom. The van der Waals surface area contributed by atoms with E-state index in [1.807, 2.05) is 6.07 Å². The van der Waals surface area contributed by atoms with Crippen molar-refractivity contribution in [1.29, 1.82) is 0 Å². The maximum absolute atomic E-state index is 12.1. The van der Waals surface area contributed by atoms with Crippen molar-refractivity contribution < 1.29 is 22.6 Å². The van der Waals surface area contributed by atoms with E-state index in [-0.39, 0.29) is 18.3 Å². The van der Waals surface area contributed by atoms with Crippen molar-refractivity contribution in [3.8, 4) is 11.5 Å². The highest BCUT2D eigenvalue weighted by Crippen LogP contribution is 2.33. The number of nitrogens with one attached hydrogen (secondary N) is 1. The highest BCUT2D eigenvalue weighted by atomic mass is 35.5. The summed E-state index contributed by atoms with van der Waals surface area (Å²) in [6.45, 7) is 0.865. The summed E-state index contributed by atoms with van der Waals surface area (Å²) in [4.78, 5) is 4.22. The molecule has 1 aliphatic rings. The van der Waals surface area contributed by atoms with E-state index in [1.54, 1.807) is 6.07 Å². The zero-order chi connectivity index (χ0) is 18.7. The molecule has 26 heavy (non-hydrogen) atoms. The molecule has 0 radical (unpaired) electrons. The summed E-state index contributed by atoms with van der Waals surface area (Å²) in [5, 5.41) is 3.40. The molecule has 0 atom stereocenters. The maximum Gasteiger partial charge on any atom is 0.573 e. The summed E-state index contributed by atoms with van der Waals surface area (Å²) in [5.74, 6) is 0.575. The number of fused-ring (bicyclic) bond motifs is 1. The fourth-order valence-corrected chi connectivity index (χ4v) is 2.82. The summed E-state index contributed by atoms with van der Waals surface area (Å²) in [6, 6.07) is 8.81. The topological polar surface area (TPSA) is 68.9 Å². The number of rotatable bonds is 4. The number of aliphatic imine (C=N–C) groups is 1. The lowest BCUT2D eigenvalue weighted by molar-refractivity contribution is -0.274. The molecule has 0 aromatic heterocycles. The predicted octanol–water partition coefficient (Wildman–Crippen LogP) is 4.10. The van der Waals surface area contributed by atoms with Crippen molar-refractivity contribution in [2.45, 2.75) is 19.3 Å². The molecule has 0 saturated heterocycles. The minimum absolute atomic E-state index is 0.112. The van der Waals surface area contributed by atoms with Crippen LogP contribution >= 0.6 is 11.6 Å². The molecule has 3 N–H and O–H groups in total. The molecule has 0 bridgehead atoms. The van der Waals surface area contributed by atoms with E-state index in [2.05, 4.69) is 15.0 Å². The molecule has 0 aliphatic carbocycles. The van der Waals surface area contributed by atoms with Gasteiger partial charge in [0.15, 0.2) is 5.96 Å². The van der Waals surface area contributed by atoms with Crippen LogP contribution in [0.5, 0.6) is 11.5 Å². The van der Waals surface area contributed by atoms with Gasteiger partial charge in [-0.2, -0.15) is 0 Å². The zero-order valence-electron chi connectivity index (χ0n) is 13.4. The Morgan fingerprint density at radius 3 is 2.69 bits per heavy atom. The Kier molecular flexibility index (Phi) is 5.13. The summed E-state index contributed by atoms with van der Waals surface area (Å²) < 4.78 is 45.8. The fourth-order valence-electron chi connectivity index (χ4n) is 2.56. The third-order valence-electron chi connectivity index (χ3n) is 3.61. The van der Waals surface area contributed by atoms with Crippen molar-refractivity contribution in [3.63, 3.8) is 0 Å². The Labute approximate surface area is 152 Å². The SMILES string of the molecule is NC(=NCc1cc(Cl)cc2c1OCC2)Nc1ccc(OC(F)(F)F)cc1. The van der Waals surface area contributed by atoms with Crippen LogP contribution in [0.3, 0.4) is 0 Å². The summed E-state index contributed by atoms with van der Waals surface area (Å²) in [7, 11) is 0. The van der Waals surface area contributed by atoms with Gasteiger partial charge in [-0.15, -0.1) is 13.2 Å². The molecule has 0 unspecified atom stereocenters. The van der Waals surface area contributed by atoms with Crippen LogP contribution in [0.25, 0.3) is 0 Å². The first-order valence-electron chi connectivity index (χ1n) is 7.67. The molecule has 1 aliphatic heterocycles. The van der Waals surface area contributed by atoms with Crippen LogP contribution in [0.1, 0.15) is 11.1 Å². The third-order valence-corrected chi connectivity index (χ3v) is 3.82. The van der Waals surface area contributed by atoms with Gasteiger partial charge in [0.1, 0.15) is 11.5 Å². The van der Waals surface area contributed by atoms with Gasteiger partial charge in [0.2, 0.25) is 0 Å². The number of hydrogen-bond acceptors (Lipinski definition) is 3. The second kappa shape index (κ2) is 7.33. The molecular formula is C17H15ClF3N3O2. The van der Waals surface area contributed by atoms with E-state index < -0.39 is 6.36 Å². The van der Waals surface area contributed by atoms with E-state index in [0.29, 0.717) is 17.3 Å². The minimum Gasteiger partial charge on any atom is -0.493 e. The van der Waals surface area contributed by atoms with Gasteiger partial charge in [-0.1, -0.05) is 11.6 Å². The number of guanidine groups is 1. The van der Waals surface area contributed by atoms with E-state index in [0.717, 1.165) is 23.3 Å². The minimum atomic E-state index is -4.73. The normalized spacial score (nSPS) is 13.9. The van der Waals surface area contributed by atoms with Crippen molar-refractivity contribution in [2.75, 3.05) is 11.9 Å². The zero-order valence-corrected chi connectivity index (χ0v) is 14.2. The molecule has 0 fully saturated rings. The predicted molar refractivity (Wildman–Crippen MR) is 92.7 cm³/mol. The van der Waals surface area contributed by atoms with Crippen LogP contribution in [0.15, 0.2) is 41.4 Å². The van der Waals surface area contributed by atoms with E-state index in [9.17, 15) is 13.2 Å². The van der Waals surface area contributed by atoms with Gasteiger partial charge in [0, 0.05) is 22.7 Å². The number of hydrogen-bond donors (Lipinski definition) is 2. The molecule has 138 valence electrons. The van der Waals surface area contributed by atoms with E-state index >= 15 is 0 Å². The lowest BCUT2D eigenvalue weighted by Gasteiger charge is -2.10. The molecule has 2 aromatic rings. The van der Waals surface area contributed by atoms with Crippen molar-refractivity contribution in [1.82, 2.24) is 0 Å². The van der Waals surface area contributed by atoms with Gasteiger partial charge in [-0.3, -0.25) is 0 Å². The molecule has 0 spiro atoms. The van der Waals surface area contributed by atoms with Gasteiger partial charge < -0.3 is 20.5 Å². The first kappa shape index (κ1) is 18.2. The molecule has 0 saturated carbocycles. The van der Waals surface area contributed by atoms with Crippen LogP contribution in [-0.4, -0.2) is 18.9 Å². The average Bonchev–Trinajstić information content (AvgIpc) is 3.01. The third kappa shape index (κ3) is 4.72. The van der Waals surface area contributed by atoms with Gasteiger partial charge in [-0.25, -0.2) is 4.99 Å². The number of halogens is 4. The number of nitrogens with two attached hydrogens (primary N) is 1. The molecule has 5 nitrogen and oxygen atoms in total. The van der Waals surface area contributed by atoms with Crippen molar-refractivity contribution in [2.24, 2.45) is 10.7 Å². The molecular weight excluding hydrogens is 371 g/mol. The quantitative estimate of drug-likeness (QED) is 0.614. The van der Waals surface area contributed by atoms with Gasteiger partial charge >= 0.3 is 6.36 Å². The van der Waals surface area contributed by atoms with Crippen molar-refractivity contribution >= 4 is 23.2 Å². The summed E-state index contributed by atoms with van der Waals surface area (Å²) in [5.41, 5.74) is 8.17. The number of alkyl halides is 3. The lowest BCUT2D eigenvalue weighted by atomic mass is 10.1. The second-order valence-corrected chi connectivity index (χ2v) is 5.99. The highest BCUT2D eigenvalue weighted by Gasteiger charge is 2.30. The Morgan fingerprint density at radius 2 is 2.00 bits per heavy atom. The molecule has 9 heteroatoms. The molecule has 2 aromatic carbocycles. The average molecular weight is 386 g/mol. The monoisotopic (exact) mass is 385 g/mol. The number of nitrogens with zero attached hydrogens (tertiary/aromatic N) is 1. The van der Waals surface area contributed by atoms with Crippen LogP contribution in [-0.2, 0) is 13.0 Å². The first-order valence-corrected chi connectivity index (χ1v) is 8.05. The fraction of sp³-hybridized carbons (Fsp3) is 0.235. The number of ether oxygens (including phenoxy) is 2. The van der Waals surface area contributed by atoms with Gasteiger partial charge in [0.05, 0.1) is 13.2 Å². The Bertz CT molecular complexity index is 823. The van der Waals surface area contributed by atoms with Crippen LogP contribution < -0.4 is 20.5 Å². The van der Waals surface area contributed by atoms with Gasteiger partial charge in [-0.05, 0) is 42.0 Å². The Balaban J connectivity index is 1.64. The molecule has 1 heterocycles. The van der Waals surface area contributed by atoms with Crippen LogP contribution in [0, 0.1) is 0 Å². The molecule has 0 amide bonds. The lowest BCUT2D eigenvalue weighted by Crippen LogP contribution is -2.22. The van der Waals surface area contributed by atoms with E-state index in [4.69, 9.17) is 22.1 Å². The van der Waals surface area contributed by atoms with Crippen molar-refractivity contribution in [3.05, 3.63) is 52.5 Å².